The lowest BCUT2D eigenvalue weighted by atomic mass is 10.1. The summed E-state index contributed by atoms with van der Waals surface area (Å²) in [6.45, 7) is 3.62. The highest BCUT2D eigenvalue weighted by Crippen LogP contribution is 2.37. The summed E-state index contributed by atoms with van der Waals surface area (Å²) in [4.78, 5) is 15.0. The van der Waals surface area contributed by atoms with Crippen LogP contribution in [0.4, 0.5) is 0 Å². The molecule has 2 fully saturated rings. The second-order valence-electron chi connectivity index (χ2n) is 7.40. The normalized spacial score (nSPS) is 23.2. The Morgan fingerprint density at radius 3 is 2.54 bits per heavy atom. The molecule has 2 aliphatic rings. The number of benzene rings is 1. The van der Waals surface area contributed by atoms with Gasteiger partial charge in [0.25, 0.3) is 5.91 Å². The number of rotatable bonds is 6. The fourth-order valence-corrected chi connectivity index (χ4v) is 3.65. The van der Waals surface area contributed by atoms with Crippen LogP contribution in [0.2, 0.25) is 0 Å². The largest absolute Gasteiger partial charge is 0.371 e. The number of aromatic nitrogens is 3. The van der Waals surface area contributed by atoms with E-state index in [0.29, 0.717) is 12.5 Å². The van der Waals surface area contributed by atoms with Crippen molar-refractivity contribution in [1.82, 2.24) is 19.7 Å². The first-order valence-corrected chi connectivity index (χ1v) is 9.64. The van der Waals surface area contributed by atoms with Crippen molar-refractivity contribution in [1.29, 1.82) is 0 Å². The van der Waals surface area contributed by atoms with Gasteiger partial charge in [-0.1, -0.05) is 19.8 Å². The van der Waals surface area contributed by atoms with Crippen molar-refractivity contribution in [2.24, 2.45) is 5.92 Å². The van der Waals surface area contributed by atoms with Crippen LogP contribution in [-0.4, -0.2) is 50.9 Å². The number of nitrogens with zero attached hydrogens (tertiary/aromatic N) is 4. The zero-order valence-electron chi connectivity index (χ0n) is 15.3. The van der Waals surface area contributed by atoms with Gasteiger partial charge in [-0.25, -0.2) is 0 Å². The van der Waals surface area contributed by atoms with Crippen LogP contribution in [0.15, 0.2) is 36.9 Å². The predicted octanol–water partition coefficient (Wildman–Crippen LogP) is 3.08. The van der Waals surface area contributed by atoms with E-state index in [-0.39, 0.29) is 18.1 Å². The third-order valence-corrected chi connectivity index (χ3v) is 5.34. The van der Waals surface area contributed by atoms with Crippen LogP contribution in [-0.2, 0) is 4.74 Å². The van der Waals surface area contributed by atoms with Crippen molar-refractivity contribution in [3.63, 3.8) is 0 Å². The van der Waals surface area contributed by atoms with Gasteiger partial charge >= 0.3 is 0 Å². The topological polar surface area (TPSA) is 60.2 Å². The Kier molecular flexibility index (Phi) is 5.02. The molecule has 2 atom stereocenters. The molecular formula is C20H26N4O2. The number of hydrogen-bond donors (Lipinski definition) is 0. The molecule has 6 heteroatoms. The third kappa shape index (κ3) is 3.80. The first kappa shape index (κ1) is 17.2. The number of ether oxygens (including phenoxy) is 1. The van der Waals surface area contributed by atoms with Crippen LogP contribution >= 0.6 is 0 Å². The van der Waals surface area contributed by atoms with Crippen LogP contribution in [0.3, 0.4) is 0 Å². The Bertz CT molecular complexity index is 725. The minimum absolute atomic E-state index is 0.107. The summed E-state index contributed by atoms with van der Waals surface area (Å²) in [5.41, 5.74) is 1.68. The fraction of sp³-hybridized carbons (Fsp3) is 0.550. The van der Waals surface area contributed by atoms with Crippen LogP contribution < -0.4 is 0 Å². The molecule has 2 aromatic rings. The first-order chi connectivity index (χ1) is 12.7. The molecule has 1 aromatic heterocycles. The third-order valence-electron chi connectivity index (χ3n) is 5.34. The van der Waals surface area contributed by atoms with Gasteiger partial charge < -0.3 is 9.64 Å². The average Bonchev–Trinajstić information content (AvgIpc) is 3.40. The van der Waals surface area contributed by atoms with Gasteiger partial charge in [0, 0.05) is 24.3 Å². The molecule has 2 heterocycles. The van der Waals surface area contributed by atoms with Gasteiger partial charge in [0.05, 0.1) is 12.2 Å². The van der Waals surface area contributed by atoms with Gasteiger partial charge in [0.2, 0.25) is 0 Å². The molecular weight excluding hydrogens is 328 g/mol. The Morgan fingerprint density at radius 1 is 1.15 bits per heavy atom. The van der Waals surface area contributed by atoms with Gasteiger partial charge in [-0.2, -0.15) is 0 Å². The van der Waals surface area contributed by atoms with Crippen LogP contribution in [0.5, 0.6) is 0 Å². The molecule has 0 unspecified atom stereocenters. The molecule has 1 aliphatic carbocycles. The SMILES string of the molecule is CCCC[C@@H]1CN(C(=O)c2ccc(-n3cnnc3)cc2)C[C@H](C2CC2)O1. The van der Waals surface area contributed by atoms with Crippen molar-refractivity contribution in [2.45, 2.75) is 51.2 Å². The van der Waals surface area contributed by atoms with Crippen molar-refractivity contribution in [3.05, 3.63) is 42.5 Å². The number of amides is 1. The Morgan fingerprint density at radius 2 is 1.88 bits per heavy atom. The monoisotopic (exact) mass is 354 g/mol. The molecule has 1 saturated heterocycles. The van der Waals surface area contributed by atoms with E-state index in [0.717, 1.165) is 37.1 Å². The summed E-state index contributed by atoms with van der Waals surface area (Å²) in [6.07, 6.45) is 9.51. The lowest BCUT2D eigenvalue weighted by molar-refractivity contribution is -0.0874. The van der Waals surface area contributed by atoms with E-state index in [1.165, 1.54) is 12.8 Å². The predicted molar refractivity (Wildman–Crippen MR) is 98.2 cm³/mol. The molecule has 1 amide bonds. The standard InChI is InChI=1S/C20H26N4O2/c1-2-3-4-18-11-23(12-19(26-18)15-5-6-15)20(25)16-7-9-17(10-8-16)24-13-21-22-14-24/h7-10,13-15,18-19H,2-6,11-12H2,1H3/t18-,19-/m1/s1. The maximum absolute atomic E-state index is 13.0. The lowest BCUT2D eigenvalue weighted by Crippen LogP contribution is -2.50. The van der Waals surface area contributed by atoms with E-state index in [2.05, 4.69) is 17.1 Å². The van der Waals surface area contributed by atoms with Crippen molar-refractivity contribution in [3.8, 4) is 5.69 Å². The molecule has 6 nitrogen and oxygen atoms in total. The lowest BCUT2D eigenvalue weighted by Gasteiger charge is -2.38. The molecule has 138 valence electrons. The average molecular weight is 354 g/mol. The van der Waals surface area contributed by atoms with E-state index < -0.39 is 0 Å². The quantitative estimate of drug-likeness (QED) is 0.800. The number of unbranched alkanes of at least 4 members (excludes halogenated alkanes) is 1. The molecule has 1 aromatic carbocycles. The van der Waals surface area contributed by atoms with Gasteiger partial charge in [0.1, 0.15) is 12.7 Å². The molecule has 0 radical (unpaired) electrons. The van der Waals surface area contributed by atoms with Crippen LogP contribution in [0, 0.1) is 5.92 Å². The van der Waals surface area contributed by atoms with Gasteiger partial charge in [-0.05, 0) is 49.4 Å². The smallest absolute Gasteiger partial charge is 0.254 e. The van der Waals surface area contributed by atoms with Gasteiger partial charge in [-0.3, -0.25) is 9.36 Å². The maximum Gasteiger partial charge on any atom is 0.254 e. The first-order valence-electron chi connectivity index (χ1n) is 9.64. The molecule has 1 saturated carbocycles. The molecule has 0 bridgehead atoms. The molecule has 0 spiro atoms. The van der Waals surface area contributed by atoms with Gasteiger partial charge in [0.15, 0.2) is 0 Å². The number of carbonyl (C=O) groups excluding carboxylic acids is 1. The number of carbonyl (C=O) groups is 1. The Balaban J connectivity index is 1.46. The summed E-state index contributed by atoms with van der Waals surface area (Å²) < 4.78 is 8.11. The molecule has 4 rings (SSSR count). The molecule has 0 N–H and O–H groups in total. The second kappa shape index (κ2) is 7.58. The second-order valence-corrected chi connectivity index (χ2v) is 7.40. The summed E-state index contributed by atoms with van der Waals surface area (Å²) in [6, 6.07) is 7.65. The number of hydrogen-bond acceptors (Lipinski definition) is 4. The summed E-state index contributed by atoms with van der Waals surface area (Å²) >= 11 is 0. The highest BCUT2D eigenvalue weighted by atomic mass is 16.5. The Labute approximate surface area is 154 Å². The molecule has 26 heavy (non-hydrogen) atoms. The van der Waals surface area contributed by atoms with Gasteiger partial charge in [-0.15, -0.1) is 10.2 Å². The van der Waals surface area contributed by atoms with Crippen molar-refractivity contribution >= 4 is 5.91 Å². The van der Waals surface area contributed by atoms with Crippen LogP contribution in [0.1, 0.15) is 49.4 Å². The molecule has 1 aliphatic heterocycles. The van der Waals surface area contributed by atoms with E-state index in [1.807, 2.05) is 33.7 Å². The fourth-order valence-electron chi connectivity index (χ4n) is 3.65. The van der Waals surface area contributed by atoms with Crippen LogP contribution in [0.25, 0.3) is 5.69 Å². The minimum Gasteiger partial charge on any atom is -0.371 e. The van der Waals surface area contributed by atoms with E-state index in [9.17, 15) is 4.79 Å². The zero-order valence-corrected chi connectivity index (χ0v) is 15.3. The van der Waals surface area contributed by atoms with E-state index in [4.69, 9.17) is 4.74 Å². The number of morpholine rings is 1. The van der Waals surface area contributed by atoms with Crippen molar-refractivity contribution < 1.29 is 9.53 Å². The minimum atomic E-state index is 0.107. The van der Waals surface area contributed by atoms with Crippen molar-refractivity contribution in [2.75, 3.05) is 13.1 Å². The van der Waals surface area contributed by atoms with E-state index >= 15 is 0 Å². The maximum atomic E-state index is 13.0. The Hall–Kier alpha value is -2.21. The summed E-state index contributed by atoms with van der Waals surface area (Å²) in [5, 5.41) is 7.63. The summed E-state index contributed by atoms with van der Waals surface area (Å²) in [5.74, 6) is 0.751. The zero-order chi connectivity index (χ0) is 17.9. The highest BCUT2D eigenvalue weighted by Gasteiger charge is 2.39. The summed E-state index contributed by atoms with van der Waals surface area (Å²) in [7, 11) is 0. The highest BCUT2D eigenvalue weighted by molar-refractivity contribution is 5.94. The van der Waals surface area contributed by atoms with E-state index in [1.54, 1.807) is 12.7 Å².